The fraction of sp³-hybridized carbons (Fsp3) is 0.500. The zero-order valence-corrected chi connectivity index (χ0v) is 7.29. The second-order valence-corrected chi connectivity index (χ2v) is 3.15. The van der Waals surface area contributed by atoms with Crippen molar-refractivity contribution in [1.82, 2.24) is 4.98 Å². The summed E-state index contributed by atoms with van der Waals surface area (Å²) in [5, 5.41) is 0. The van der Waals surface area contributed by atoms with Crippen LogP contribution in [0.15, 0.2) is 18.5 Å². The number of ether oxygens (including phenoxy) is 1. The van der Waals surface area contributed by atoms with E-state index in [4.69, 9.17) is 4.74 Å². The van der Waals surface area contributed by atoms with Gasteiger partial charge in [0.05, 0.1) is 12.3 Å². The number of hydrogen-bond donors (Lipinski definition) is 0. The smallest absolute Gasteiger partial charge is 0.141 e. The van der Waals surface area contributed by atoms with Crippen LogP contribution in [-0.2, 0) is 6.42 Å². The number of rotatable bonds is 3. The molecule has 0 bridgehead atoms. The van der Waals surface area contributed by atoms with Gasteiger partial charge in [-0.05, 0) is 30.9 Å². The van der Waals surface area contributed by atoms with Crippen LogP contribution in [0.4, 0.5) is 0 Å². The minimum absolute atomic E-state index is 0.472. The summed E-state index contributed by atoms with van der Waals surface area (Å²) in [6, 6.07) is 2.03. The molecule has 2 heteroatoms. The maximum Gasteiger partial charge on any atom is 0.141 e. The van der Waals surface area contributed by atoms with E-state index in [2.05, 4.69) is 11.9 Å². The molecule has 0 aliphatic heterocycles. The number of pyridine rings is 1. The molecule has 1 aliphatic carbocycles. The summed E-state index contributed by atoms with van der Waals surface area (Å²) in [7, 11) is 0. The third kappa shape index (κ3) is 1.58. The molecule has 0 radical (unpaired) electrons. The highest BCUT2D eigenvalue weighted by Gasteiger charge is 2.24. The highest BCUT2D eigenvalue weighted by atomic mass is 16.5. The van der Waals surface area contributed by atoms with E-state index >= 15 is 0 Å². The Bertz CT molecular complexity index is 268. The molecule has 1 saturated carbocycles. The van der Waals surface area contributed by atoms with Gasteiger partial charge in [-0.15, -0.1) is 0 Å². The lowest BCUT2D eigenvalue weighted by Crippen LogP contribution is -1.99. The van der Waals surface area contributed by atoms with Crippen LogP contribution in [0, 0.1) is 0 Å². The first-order valence-corrected chi connectivity index (χ1v) is 4.49. The van der Waals surface area contributed by atoms with Crippen molar-refractivity contribution in [3.05, 3.63) is 24.0 Å². The molecule has 0 N–H and O–H groups in total. The van der Waals surface area contributed by atoms with Crippen molar-refractivity contribution in [3.8, 4) is 5.75 Å². The van der Waals surface area contributed by atoms with Crippen LogP contribution in [-0.4, -0.2) is 11.1 Å². The van der Waals surface area contributed by atoms with E-state index < -0.39 is 0 Å². The van der Waals surface area contributed by atoms with Gasteiger partial charge in [0, 0.05) is 6.20 Å². The van der Waals surface area contributed by atoms with Gasteiger partial charge in [-0.25, -0.2) is 0 Å². The third-order valence-corrected chi connectivity index (χ3v) is 2.07. The molecule has 0 amide bonds. The molecule has 0 spiro atoms. The maximum atomic E-state index is 5.68. The van der Waals surface area contributed by atoms with E-state index in [-0.39, 0.29) is 0 Å². The Kier molecular flexibility index (Phi) is 1.98. The van der Waals surface area contributed by atoms with Crippen molar-refractivity contribution in [1.29, 1.82) is 0 Å². The van der Waals surface area contributed by atoms with E-state index in [1.54, 1.807) is 0 Å². The molecule has 1 fully saturated rings. The van der Waals surface area contributed by atoms with Gasteiger partial charge >= 0.3 is 0 Å². The Balaban J connectivity index is 2.15. The van der Waals surface area contributed by atoms with Crippen molar-refractivity contribution in [3.63, 3.8) is 0 Å². The zero-order chi connectivity index (χ0) is 8.39. The molecule has 12 heavy (non-hydrogen) atoms. The number of aryl methyl sites for hydroxylation is 1. The van der Waals surface area contributed by atoms with Crippen molar-refractivity contribution in [2.24, 2.45) is 0 Å². The van der Waals surface area contributed by atoms with Crippen molar-refractivity contribution in [2.75, 3.05) is 0 Å². The van der Waals surface area contributed by atoms with Crippen LogP contribution in [0.5, 0.6) is 5.75 Å². The van der Waals surface area contributed by atoms with Crippen LogP contribution in [0.25, 0.3) is 0 Å². The first-order valence-electron chi connectivity index (χ1n) is 4.49. The third-order valence-electron chi connectivity index (χ3n) is 2.07. The molecule has 1 aromatic heterocycles. The molecule has 2 rings (SSSR count). The van der Waals surface area contributed by atoms with E-state index in [0.717, 1.165) is 12.2 Å². The van der Waals surface area contributed by atoms with E-state index in [9.17, 15) is 0 Å². The molecule has 1 aliphatic rings. The standard InChI is InChI=1S/C10H13NO/c1-2-8-5-6-11-7-10(8)12-9-3-4-9/h5-7,9H,2-4H2,1H3. The number of aromatic nitrogens is 1. The Labute approximate surface area is 72.6 Å². The van der Waals surface area contributed by atoms with Crippen molar-refractivity contribution >= 4 is 0 Å². The fourth-order valence-corrected chi connectivity index (χ4v) is 1.17. The topological polar surface area (TPSA) is 22.1 Å². The van der Waals surface area contributed by atoms with Gasteiger partial charge in [-0.2, -0.15) is 0 Å². The van der Waals surface area contributed by atoms with E-state index in [1.165, 1.54) is 18.4 Å². The summed E-state index contributed by atoms with van der Waals surface area (Å²) in [5.41, 5.74) is 1.26. The SMILES string of the molecule is CCc1ccncc1OC1CC1. The van der Waals surface area contributed by atoms with Gasteiger partial charge in [0.25, 0.3) is 0 Å². The average Bonchev–Trinajstić information content (AvgIpc) is 2.89. The lowest BCUT2D eigenvalue weighted by molar-refractivity contribution is 0.299. The first-order chi connectivity index (χ1) is 5.90. The van der Waals surface area contributed by atoms with Gasteiger partial charge in [-0.3, -0.25) is 4.98 Å². The molecule has 0 saturated heterocycles. The predicted molar refractivity (Wildman–Crippen MR) is 47.3 cm³/mol. The minimum atomic E-state index is 0.472. The monoisotopic (exact) mass is 163 g/mol. The quantitative estimate of drug-likeness (QED) is 0.681. The summed E-state index contributed by atoms with van der Waals surface area (Å²) < 4.78 is 5.68. The van der Waals surface area contributed by atoms with Gasteiger partial charge in [0.15, 0.2) is 0 Å². The van der Waals surface area contributed by atoms with Crippen LogP contribution in [0.1, 0.15) is 25.3 Å². The summed E-state index contributed by atoms with van der Waals surface area (Å²) in [5.74, 6) is 0.975. The zero-order valence-electron chi connectivity index (χ0n) is 7.29. The van der Waals surface area contributed by atoms with E-state index in [1.807, 2.05) is 18.5 Å². The Morgan fingerprint density at radius 3 is 3.08 bits per heavy atom. The average molecular weight is 163 g/mol. The van der Waals surface area contributed by atoms with Crippen molar-refractivity contribution < 1.29 is 4.74 Å². The first kappa shape index (κ1) is 7.59. The van der Waals surface area contributed by atoms with Crippen LogP contribution in [0.3, 0.4) is 0 Å². The van der Waals surface area contributed by atoms with Gasteiger partial charge in [0.1, 0.15) is 5.75 Å². The molecule has 0 atom stereocenters. The minimum Gasteiger partial charge on any atom is -0.489 e. The maximum absolute atomic E-state index is 5.68. The summed E-state index contributed by atoms with van der Waals surface area (Å²) in [4.78, 5) is 4.05. The van der Waals surface area contributed by atoms with Crippen LogP contribution < -0.4 is 4.74 Å². The Morgan fingerprint density at radius 2 is 2.42 bits per heavy atom. The number of nitrogens with zero attached hydrogens (tertiary/aromatic N) is 1. The summed E-state index contributed by atoms with van der Waals surface area (Å²) in [6.07, 6.45) is 7.54. The van der Waals surface area contributed by atoms with Crippen LogP contribution >= 0.6 is 0 Å². The lowest BCUT2D eigenvalue weighted by atomic mass is 10.2. The summed E-state index contributed by atoms with van der Waals surface area (Å²) in [6.45, 7) is 2.13. The van der Waals surface area contributed by atoms with Gasteiger partial charge < -0.3 is 4.74 Å². The Hall–Kier alpha value is -1.05. The van der Waals surface area contributed by atoms with Crippen LogP contribution in [0.2, 0.25) is 0 Å². The second-order valence-electron chi connectivity index (χ2n) is 3.15. The molecular formula is C10H13NO. The molecular weight excluding hydrogens is 150 g/mol. The molecule has 1 aromatic rings. The summed E-state index contributed by atoms with van der Waals surface area (Å²) >= 11 is 0. The normalized spacial score (nSPS) is 16.1. The highest BCUT2D eigenvalue weighted by Crippen LogP contribution is 2.28. The van der Waals surface area contributed by atoms with Gasteiger partial charge in [0.2, 0.25) is 0 Å². The molecule has 64 valence electrons. The predicted octanol–water partition coefficient (Wildman–Crippen LogP) is 2.19. The van der Waals surface area contributed by atoms with Crippen molar-refractivity contribution in [2.45, 2.75) is 32.3 Å². The van der Waals surface area contributed by atoms with Gasteiger partial charge in [-0.1, -0.05) is 6.92 Å². The largest absolute Gasteiger partial charge is 0.489 e. The molecule has 0 unspecified atom stereocenters. The second kappa shape index (κ2) is 3.13. The Morgan fingerprint density at radius 1 is 1.58 bits per heavy atom. The molecule has 1 heterocycles. The lowest BCUT2D eigenvalue weighted by Gasteiger charge is -2.07. The molecule has 2 nitrogen and oxygen atoms in total. The van der Waals surface area contributed by atoms with E-state index in [0.29, 0.717) is 6.10 Å². The molecule has 0 aromatic carbocycles. The highest BCUT2D eigenvalue weighted by molar-refractivity contribution is 5.30. The fourth-order valence-electron chi connectivity index (χ4n) is 1.17. The number of hydrogen-bond acceptors (Lipinski definition) is 2.